The molecule has 0 spiro atoms. The van der Waals surface area contributed by atoms with Crippen molar-refractivity contribution in [2.45, 2.75) is 58.0 Å². The Morgan fingerprint density at radius 2 is 1.73 bits per heavy atom. The lowest BCUT2D eigenvalue weighted by Gasteiger charge is -2.39. The number of methoxy groups -OCH3 is 1. The van der Waals surface area contributed by atoms with Gasteiger partial charge in [0.1, 0.15) is 6.10 Å². The third kappa shape index (κ3) is 7.53. The Bertz CT molecular complexity index is 504. The van der Waals surface area contributed by atoms with Gasteiger partial charge in [0.2, 0.25) is 0 Å². The summed E-state index contributed by atoms with van der Waals surface area (Å²) in [6.07, 6.45) is 2.05. The minimum atomic E-state index is -3.68. The molecule has 0 aromatic heterocycles. The Morgan fingerprint density at radius 3 is 2.09 bits per heavy atom. The fourth-order valence-electron chi connectivity index (χ4n) is 1.42. The molecule has 0 saturated carbocycles. The van der Waals surface area contributed by atoms with E-state index in [2.05, 4.69) is 38.6 Å². The molecule has 0 fully saturated rings. The van der Waals surface area contributed by atoms with Crippen LogP contribution >= 0.6 is 0 Å². The molecule has 0 N–H and O–H groups in total. The summed E-state index contributed by atoms with van der Waals surface area (Å²) in [6, 6.07) is 0. The van der Waals surface area contributed by atoms with Crippen molar-refractivity contribution in [2.75, 3.05) is 13.4 Å². The number of carbonyl (C=O) groups excluding carboxylic acids is 1. The lowest BCUT2D eigenvalue weighted by atomic mass is 10.2. The normalized spacial score (nSPS) is 16.5. The Balaban J connectivity index is 5.25. The summed E-state index contributed by atoms with van der Waals surface area (Å²) in [6.45, 7) is 12.1. The van der Waals surface area contributed by atoms with Gasteiger partial charge in [0.15, 0.2) is 8.32 Å². The molecule has 0 saturated heterocycles. The monoisotopic (exact) mass is 352 g/mol. The van der Waals surface area contributed by atoms with E-state index in [1.165, 1.54) is 13.2 Å². The molecule has 0 aromatic carbocycles. The van der Waals surface area contributed by atoms with E-state index in [0.717, 1.165) is 12.3 Å². The first-order chi connectivity index (χ1) is 9.69. The Kier molecular flexibility index (Phi) is 7.47. The van der Waals surface area contributed by atoms with Crippen molar-refractivity contribution in [3.8, 4) is 0 Å². The highest BCUT2D eigenvalue weighted by Gasteiger charge is 2.40. The summed E-state index contributed by atoms with van der Waals surface area (Å²) >= 11 is 0. The number of ether oxygens (including phenoxy) is 1. The van der Waals surface area contributed by atoms with Gasteiger partial charge in [-0.05, 0) is 31.1 Å². The Labute approximate surface area is 135 Å². The summed E-state index contributed by atoms with van der Waals surface area (Å²) in [5, 5.41) is -0.0248. The van der Waals surface area contributed by atoms with Crippen LogP contribution in [-0.4, -0.2) is 48.3 Å². The topological polar surface area (TPSA) is 78.9 Å². The number of esters is 1. The van der Waals surface area contributed by atoms with Gasteiger partial charge >= 0.3 is 5.97 Å². The van der Waals surface area contributed by atoms with E-state index in [1.807, 2.05) is 0 Å². The molecule has 0 rings (SSSR count). The average Bonchev–Trinajstić information content (AvgIpc) is 2.30. The molecule has 130 valence electrons. The van der Waals surface area contributed by atoms with Crippen LogP contribution in [-0.2, 0) is 28.3 Å². The second-order valence-corrected chi connectivity index (χ2v) is 13.1. The molecule has 2 atom stereocenters. The summed E-state index contributed by atoms with van der Waals surface area (Å²) in [4.78, 5) is 11.2. The molecular formula is C14H28O6SSi. The van der Waals surface area contributed by atoms with Crippen LogP contribution in [0.5, 0.6) is 0 Å². The molecule has 0 aliphatic rings. The van der Waals surface area contributed by atoms with E-state index in [4.69, 9.17) is 8.61 Å². The van der Waals surface area contributed by atoms with Gasteiger partial charge in [-0.2, -0.15) is 8.42 Å². The maximum absolute atomic E-state index is 11.4. The van der Waals surface area contributed by atoms with Crippen LogP contribution in [0.3, 0.4) is 0 Å². The van der Waals surface area contributed by atoms with Crippen molar-refractivity contribution in [3.63, 3.8) is 0 Å². The molecule has 0 radical (unpaired) electrons. The molecular weight excluding hydrogens is 324 g/mol. The molecule has 22 heavy (non-hydrogen) atoms. The highest BCUT2D eigenvalue weighted by Crippen LogP contribution is 2.37. The van der Waals surface area contributed by atoms with Crippen molar-refractivity contribution >= 4 is 24.4 Å². The van der Waals surface area contributed by atoms with Gasteiger partial charge in [0, 0.05) is 6.08 Å². The van der Waals surface area contributed by atoms with E-state index in [0.29, 0.717) is 0 Å². The van der Waals surface area contributed by atoms with Gasteiger partial charge in [-0.1, -0.05) is 20.8 Å². The second kappa shape index (κ2) is 7.72. The zero-order valence-corrected chi connectivity index (χ0v) is 16.5. The first kappa shape index (κ1) is 21.3. The number of hydrogen-bond acceptors (Lipinski definition) is 6. The van der Waals surface area contributed by atoms with Gasteiger partial charge in [-0.15, -0.1) is 0 Å². The van der Waals surface area contributed by atoms with E-state index >= 15 is 0 Å². The molecule has 0 aliphatic carbocycles. The van der Waals surface area contributed by atoms with Gasteiger partial charge in [0.25, 0.3) is 10.1 Å². The third-order valence-corrected chi connectivity index (χ3v) is 8.80. The van der Waals surface area contributed by atoms with E-state index in [1.54, 1.807) is 6.92 Å². The maximum atomic E-state index is 11.4. The van der Waals surface area contributed by atoms with E-state index < -0.39 is 36.6 Å². The van der Waals surface area contributed by atoms with Crippen LogP contribution < -0.4 is 0 Å². The molecule has 0 heterocycles. The molecule has 8 heteroatoms. The smallest absolute Gasteiger partial charge is 0.330 e. The second-order valence-electron chi connectivity index (χ2n) is 6.73. The summed E-state index contributed by atoms with van der Waals surface area (Å²) in [5.74, 6) is -0.582. The maximum Gasteiger partial charge on any atom is 0.330 e. The van der Waals surface area contributed by atoms with Crippen molar-refractivity contribution in [2.24, 2.45) is 0 Å². The highest BCUT2D eigenvalue weighted by atomic mass is 32.2. The van der Waals surface area contributed by atoms with E-state index in [-0.39, 0.29) is 5.04 Å². The van der Waals surface area contributed by atoms with Crippen molar-refractivity contribution in [1.29, 1.82) is 0 Å². The first-order valence-electron chi connectivity index (χ1n) is 7.02. The number of carbonyl (C=O) groups is 1. The molecule has 0 aliphatic heterocycles. The quantitative estimate of drug-likeness (QED) is 0.303. The Hall–Kier alpha value is -0.703. The van der Waals surface area contributed by atoms with Crippen LogP contribution in [0, 0.1) is 0 Å². The zero-order chi connectivity index (χ0) is 17.8. The SMILES string of the molecule is COC(=O)/C=C\[C@H](OS(C)(=O)=O)[C@@H](C)O[Si](C)(C)C(C)(C)C. The molecule has 0 aromatic rings. The number of rotatable bonds is 7. The van der Waals surface area contributed by atoms with Crippen molar-refractivity contribution in [1.82, 2.24) is 0 Å². The third-order valence-electron chi connectivity index (χ3n) is 3.66. The van der Waals surface area contributed by atoms with Gasteiger partial charge in [-0.25, -0.2) is 4.79 Å². The lowest BCUT2D eigenvalue weighted by molar-refractivity contribution is -0.134. The summed E-state index contributed by atoms with van der Waals surface area (Å²) < 4.78 is 38.5. The van der Waals surface area contributed by atoms with Crippen molar-refractivity contribution in [3.05, 3.63) is 12.2 Å². The predicted molar refractivity (Wildman–Crippen MR) is 88.6 cm³/mol. The highest BCUT2D eigenvalue weighted by molar-refractivity contribution is 7.86. The fourth-order valence-corrected chi connectivity index (χ4v) is 3.46. The van der Waals surface area contributed by atoms with Gasteiger partial charge in [0.05, 0.1) is 19.5 Å². The lowest BCUT2D eigenvalue weighted by Crippen LogP contribution is -2.46. The van der Waals surface area contributed by atoms with Crippen LogP contribution in [0.4, 0.5) is 0 Å². The largest absolute Gasteiger partial charge is 0.466 e. The zero-order valence-electron chi connectivity index (χ0n) is 14.7. The molecule has 0 unspecified atom stereocenters. The number of hydrogen-bond donors (Lipinski definition) is 0. The van der Waals surface area contributed by atoms with E-state index in [9.17, 15) is 13.2 Å². The van der Waals surface area contributed by atoms with Crippen LogP contribution in [0.25, 0.3) is 0 Å². The standard InChI is InChI=1S/C14H28O6SSi/c1-11(20-22(7,8)14(2,3)4)12(19-21(6,16)17)9-10-13(15)18-5/h9-12H,1-8H3/b10-9-/t11-,12+/m1/s1. The average molecular weight is 353 g/mol. The van der Waals surface area contributed by atoms with Crippen LogP contribution in [0.15, 0.2) is 12.2 Å². The first-order valence-corrected chi connectivity index (χ1v) is 11.7. The fraction of sp³-hybridized carbons (Fsp3) is 0.786. The minimum Gasteiger partial charge on any atom is -0.466 e. The van der Waals surface area contributed by atoms with Crippen molar-refractivity contribution < 1.29 is 26.6 Å². The summed E-state index contributed by atoms with van der Waals surface area (Å²) in [5.41, 5.74) is 0. The minimum absolute atomic E-state index is 0.0248. The molecule has 6 nitrogen and oxygen atoms in total. The molecule has 0 bridgehead atoms. The molecule has 0 amide bonds. The van der Waals surface area contributed by atoms with Gasteiger partial charge < -0.3 is 9.16 Å². The Morgan fingerprint density at radius 1 is 1.23 bits per heavy atom. The van der Waals surface area contributed by atoms with Crippen LogP contribution in [0.2, 0.25) is 18.1 Å². The van der Waals surface area contributed by atoms with Gasteiger partial charge in [-0.3, -0.25) is 4.18 Å². The van der Waals surface area contributed by atoms with Crippen LogP contribution in [0.1, 0.15) is 27.7 Å². The predicted octanol–water partition coefficient (Wildman–Crippen LogP) is 2.47. The summed E-state index contributed by atoms with van der Waals surface area (Å²) in [7, 11) is -4.53.